The van der Waals surface area contributed by atoms with E-state index in [4.69, 9.17) is 10.5 Å². The third kappa shape index (κ3) is 3.07. The molecular formula is C18H16N2OS. The molecule has 0 radical (unpaired) electrons. The van der Waals surface area contributed by atoms with E-state index in [2.05, 4.69) is 17.1 Å². The number of aliphatic imine (C=N–C) groups is 1. The number of nitrogens with zero attached hydrogens (tertiary/aromatic N) is 1. The summed E-state index contributed by atoms with van der Waals surface area (Å²) in [5.74, 6) is 1.50. The molecule has 0 saturated heterocycles. The number of fused-ring (bicyclic) bond motifs is 1. The van der Waals surface area contributed by atoms with Gasteiger partial charge >= 0.3 is 0 Å². The third-order valence-corrected chi connectivity index (χ3v) is 3.78. The van der Waals surface area contributed by atoms with Gasteiger partial charge in [-0.2, -0.15) is 0 Å². The summed E-state index contributed by atoms with van der Waals surface area (Å²) in [6.45, 7) is 0. The summed E-state index contributed by atoms with van der Waals surface area (Å²) in [7, 11) is 0. The average molecular weight is 308 g/mol. The zero-order chi connectivity index (χ0) is 15.4. The van der Waals surface area contributed by atoms with Crippen LogP contribution < -0.4 is 10.5 Å². The van der Waals surface area contributed by atoms with E-state index in [1.165, 1.54) is 11.8 Å². The van der Waals surface area contributed by atoms with Crippen molar-refractivity contribution in [1.82, 2.24) is 0 Å². The van der Waals surface area contributed by atoms with Crippen LogP contribution in [0.5, 0.6) is 11.5 Å². The molecule has 0 unspecified atom stereocenters. The highest BCUT2D eigenvalue weighted by atomic mass is 32.2. The summed E-state index contributed by atoms with van der Waals surface area (Å²) in [6.07, 6.45) is 1.90. The number of ether oxygens (including phenoxy) is 1. The minimum atomic E-state index is 0.508. The van der Waals surface area contributed by atoms with Gasteiger partial charge in [0.15, 0.2) is 10.9 Å². The monoisotopic (exact) mass is 308 g/mol. The first-order valence-electron chi connectivity index (χ1n) is 6.91. The summed E-state index contributed by atoms with van der Waals surface area (Å²) in [4.78, 5) is 4.39. The summed E-state index contributed by atoms with van der Waals surface area (Å²) in [6, 6.07) is 21.8. The van der Waals surface area contributed by atoms with E-state index in [-0.39, 0.29) is 0 Å². The van der Waals surface area contributed by atoms with Crippen molar-refractivity contribution >= 4 is 33.4 Å². The van der Waals surface area contributed by atoms with E-state index in [9.17, 15) is 0 Å². The maximum atomic E-state index is 6.10. The zero-order valence-electron chi connectivity index (χ0n) is 12.2. The fraction of sp³-hybridized carbons (Fsp3) is 0.0556. The number of hydrogen-bond acceptors (Lipinski definition) is 3. The van der Waals surface area contributed by atoms with Crippen LogP contribution in [-0.4, -0.2) is 11.4 Å². The molecule has 2 N–H and O–H groups in total. The van der Waals surface area contributed by atoms with Gasteiger partial charge in [0.05, 0.1) is 0 Å². The first-order valence-corrected chi connectivity index (χ1v) is 8.13. The molecule has 3 aromatic rings. The fourth-order valence-electron chi connectivity index (χ4n) is 2.20. The van der Waals surface area contributed by atoms with Crippen molar-refractivity contribution < 1.29 is 4.74 Å². The molecule has 0 aliphatic carbocycles. The predicted molar refractivity (Wildman–Crippen MR) is 95.3 cm³/mol. The maximum absolute atomic E-state index is 6.10. The second kappa shape index (κ2) is 6.54. The number of amidine groups is 1. The van der Waals surface area contributed by atoms with E-state index in [0.717, 1.165) is 22.2 Å². The van der Waals surface area contributed by atoms with E-state index in [0.29, 0.717) is 10.9 Å². The Morgan fingerprint density at radius 1 is 0.909 bits per heavy atom. The summed E-state index contributed by atoms with van der Waals surface area (Å²) in [5.41, 5.74) is 6.54. The summed E-state index contributed by atoms with van der Waals surface area (Å²) in [5, 5.41) is 2.72. The van der Waals surface area contributed by atoms with Gasteiger partial charge in [0.1, 0.15) is 11.4 Å². The van der Waals surface area contributed by atoms with Crippen LogP contribution in [0.25, 0.3) is 10.8 Å². The Labute approximate surface area is 133 Å². The lowest BCUT2D eigenvalue weighted by molar-refractivity contribution is 0.490. The summed E-state index contributed by atoms with van der Waals surface area (Å²) < 4.78 is 6.10. The molecule has 22 heavy (non-hydrogen) atoms. The maximum Gasteiger partial charge on any atom is 0.159 e. The minimum Gasteiger partial charge on any atom is -0.454 e. The number of nitrogens with two attached hydrogens (primary N) is 1. The van der Waals surface area contributed by atoms with Crippen LogP contribution in [0.1, 0.15) is 0 Å². The first kappa shape index (κ1) is 14.5. The standard InChI is InChI=1S/C18H16N2OS/c1-22-18(19)20-15-10-4-5-11-17(15)21-16-12-6-8-13-7-2-3-9-14(13)16/h2-12H,1H3,(H2,19,20). The topological polar surface area (TPSA) is 47.6 Å². The van der Waals surface area contributed by atoms with Gasteiger partial charge in [0, 0.05) is 5.39 Å². The van der Waals surface area contributed by atoms with Crippen LogP contribution in [0.3, 0.4) is 0 Å². The van der Waals surface area contributed by atoms with Crippen molar-refractivity contribution in [1.29, 1.82) is 0 Å². The van der Waals surface area contributed by atoms with Gasteiger partial charge in [-0.15, -0.1) is 0 Å². The Kier molecular flexibility index (Phi) is 4.30. The smallest absolute Gasteiger partial charge is 0.159 e. The molecule has 110 valence electrons. The van der Waals surface area contributed by atoms with Crippen molar-refractivity contribution in [3.63, 3.8) is 0 Å². The van der Waals surface area contributed by atoms with Crippen molar-refractivity contribution in [2.45, 2.75) is 0 Å². The molecule has 0 atom stereocenters. The Balaban J connectivity index is 2.03. The molecule has 0 saturated carbocycles. The highest BCUT2D eigenvalue weighted by Gasteiger charge is 2.07. The highest BCUT2D eigenvalue weighted by Crippen LogP contribution is 2.35. The van der Waals surface area contributed by atoms with Gasteiger partial charge < -0.3 is 10.5 Å². The van der Waals surface area contributed by atoms with Gasteiger partial charge in [-0.3, -0.25) is 0 Å². The number of hydrogen-bond donors (Lipinski definition) is 1. The number of benzene rings is 3. The van der Waals surface area contributed by atoms with Crippen LogP contribution in [0.2, 0.25) is 0 Å². The Morgan fingerprint density at radius 3 is 2.45 bits per heavy atom. The molecule has 0 aliphatic rings. The van der Waals surface area contributed by atoms with Crippen LogP contribution in [-0.2, 0) is 0 Å². The fourth-order valence-corrected chi connectivity index (χ4v) is 2.39. The zero-order valence-corrected chi connectivity index (χ0v) is 13.0. The number of thioether (sulfide) groups is 1. The average Bonchev–Trinajstić information content (AvgIpc) is 2.57. The molecule has 3 nitrogen and oxygen atoms in total. The predicted octanol–water partition coefficient (Wildman–Crippen LogP) is 4.94. The molecule has 4 heteroatoms. The molecule has 3 rings (SSSR count). The molecule has 0 heterocycles. The molecule has 0 spiro atoms. The van der Waals surface area contributed by atoms with Gasteiger partial charge in [-0.05, 0) is 29.8 Å². The second-order valence-corrected chi connectivity index (χ2v) is 5.53. The van der Waals surface area contributed by atoms with E-state index < -0.39 is 0 Å². The molecule has 0 bridgehead atoms. The number of para-hydroxylation sites is 2. The van der Waals surface area contributed by atoms with Gasteiger partial charge in [-0.1, -0.05) is 60.3 Å². The molecule has 0 aliphatic heterocycles. The van der Waals surface area contributed by atoms with Gasteiger partial charge in [-0.25, -0.2) is 4.99 Å². The Morgan fingerprint density at radius 2 is 1.59 bits per heavy atom. The van der Waals surface area contributed by atoms with Crippen molar-refractivity contribution in [3.8, 4) is 11.5 Å². The van der Waals surface area contributed by atoms with Crippen molar-refractivity contribution in [3.05, 3.63) is 66.7 Å². The van der Waals surface area contributed by atoms with Crippen LogP contribution in [0.4, 0.5) is 5.69 Å². The van der Waals surface area contributed by atoms with Crippen LogP contribution in [0, 0.1) is 0 Å². The SMILES string of the molecule is CSC(N)=Nc1ccccc1Oc1cccc2ccccc12. The van der Waals surface area contributed by atoms with Gasteiger partial charge in [0.2, 0.25) is 0 Å². The lowest BCUT2D eigenvalue weighted by Crippen LogP contribution is -2.04. The molecule has 0 aromatic heterocycles. The summed E-state index contributed by atoms with van der Waals surface area (Å²) >= 11 is 1.41. The molecule has 0 amide bonds. The minimum absolute atomic E-state index is 0.508. The van der Waals surface area contributed by atoms with Gasteiger partial charge in [0.25, 0.3) is 0 Å². The normalized spacial score (nSPS) is 11.6. The lowest BCUT2D eigenvalue weighted by atomic mass is 10.1. The molecule has 3 aromatic carbocycles. The Hall–Kier alpha value is -2.46. The molecular weight excluding hydrogens is 292 g/mol. The van der Waals surface area contributed by atoms with E-state index in [1.807, 2.05) is 60.9 Å². The number of rotatable bonds is 3. The second-order valence-electron chi connectivity index (χ2n) is 4.70. The van der Waals surface area contributed by atoms with Crippen molar-refractivity contribution in [2.75, 3.05) is 6.26 Å². The largest absolute Gasteiger partial charge is 0.454 e. The lowest BCUT2D eigenvalue weighted by Gasteiger charge is -2.11. The van der Waals surface area contributed by atoms with Crippen molar-refractivity contribution in [2.24, 2.45) is 10.7 Å². The van der Waals surface area contributed by atoms with E-state index >= 15 is 0 Å². The highest BCUT2D eigenvalue weighted by molar-refractivity contribution is 8.13. The first-order chi connectivity index (χ1) is 10.8. The quantitative estimate of drug-likeness (QED) is 0.550. The third-order valence-electron chi connectivity index (χ3n) is 3.27. The van der Waals surface area contributed by atoms with Crippen LogP contribution >= 0.6 is 11.8 Å². The van der Waals surface area contributed by atoms with Crippen LogP contribution in [0.15, 0.2) is 71.7 Å². The molecule has 0 fully saturated rings. The Bertz CT molecular complexity index is 825. The van der Waals surface area contributed by atoms with E-state index in [1.54, 1.807) is 0 Å².